The molecule has 0 aliphatic heterocycles. The van der Waals surface area contributed by atoms with Crippen LogP contribution in [0.3, 0.4) is 0 Å². The molecule has 0 rings (SSSR count). The van der Waals surface area contributed by atoms with Crippen molar-refractivity contribution in [1.29, 1.82) is 0 Å². The Morgan fingerprint density at radius 2 is 1.00 bits per heavy atom. The molecule has 0 spiro atoms. The second-order valence-electron chi connectivity index (χ2n) is 0.448. The molecule has 0 aliphatic carbocycles. The first-order valence-corrected chi connectivity index (χ1v) is 2.10. The average Bonchev–Trinajstić information content (AvgIpc) is 0.722. The van der Waals surface area contributed by atoms with Gasteiger partial charge >= 0.3 is 113 Å². The molecule has 8 heavy (non-hydrogen) atoms. The molecule has 0 aliphatic rings. The first kappa shape index (κ1) is 22.5. The van der Waals surface area contributed by atoms with Gasteiger partial charge < -0.3 is 0 Å². The molecule has 44 valence electrons. The van der Waals surface area contributed by atoms with E-state index in [-0.39, 0.29) is 115 Å². The molecule has 4 nitrogen and oxygen atoms in total. The summed E-state index contributed by atoms with van der Waals surface area (Å²) in [5.41, 5.74) is 0. The topological polar surface area (TPSA) is 74.6 Å². The monoisotopic (exact) mass is 214 g/mol. The number of hydrogen-bond donors (Lipinski definition) is 2. The molecular weight excluding hydrogens is 210 g/mol. The van der Waals surface area contributed by atoms with Crippen molar-refractivity contribution < 1.29 is 17.5 Å². The third kappa shape index (κ3) is 56.9. The van der Waals surface area contributed by atoms with E-state index in [1.807, 2.05) is 0 Å². The third-order valence-electron chi connectivity index (χ3n) is 0. The van der Waals surface area contributed by atoms with Crippen molar-refractivity contribution in [2.24, 2.45) is 0 Å². The van der Waals surface area contributed by atoms with Gasteiger partial charge in [-0.3, -0.25) is 9.11 Å². The van der Waals surface area contributed by atoms with Crippen LogP contribution < -0.4 is 0 Å². The Kier molecular flexibility index (Phi) is 29.4. The molecule has 0 aromatic heterocycles. The molecule has 0 atom stereocenters. The fourth-order valence-electron chi connectivity index (χ4n) is 0. The van der Waals surface area contributed by atoms with Gasteiger partial charge in [-0.2, -0.15) is 8.42 Å². The summed E-state index contributed by atoms with van der Waals surface area (Å²) in [6.45, 7) is 0. The standard InChI is InChI=1S/ClH.2K.H2O4S.2H/c;;;1-5(2,3)4;;/h1H;;;(H2,1,2,3,4);;. The van der Waals surface area contributed by atoms with Crippen LogP contribution in [0.1, 0.15) is 0 Å². The van der Waals surface area contributed by atoms with Gasteiger partial charge in [0.1, 0.15) is 0 Å². The van der Waals surface area contributed by atoms with Crippen molar-refractivity contribution in [2.45, 2.75) is 0 Å². The van der Waals surface area contributed by atoms with Gasteiger partial charge in [0.2, 0.25) is 0 Å². The first-order valence-electron chi connectivity index (χ1n) is 0.698. The zero-order chi connectivity index (χ0) is 4.50. The summed E-state index contributed by atoms with van der Waals surface area (Å²) in [6, 6.07) is 0. The molecule has 0 aromatic rings. The van der Waals surface area contributed by atoms with Crippen LogP contribution in [0.5, 0.6) is 0 Å². The summed E-state index contributed by atoms with van der Waals surface area (Å²) >= 11 is 0. The van der Waals surface area contributed by atoms with E-state index in [2.05, 4.69) is 0 Å². The number of hydrogen-bond acceptors (Lipinski definition) is 2. The second-order valence-corrected chi connectivity index (χ2v) is 1.34. The summed E-state index contributed by atoms with van der Waals surface area (Å²) in [5.74, 6) is 0. The maximum atomic E-state index is 8.74. The second kappa shape index (κ2) is 10.4. The van der Waals surface area contributed by atoms with E-state index in [1.165, 1.54) is 0 Å². The van der Waals surface area contributed by atoms with Gasteiger partial charge in [0.15, 0.2) is 0 Å². The van der Waals surface area contributed by atoms with Crippen molar-refractivity contribution in [2.75, 3.05) is 0 Å². The predicted molar refractivity (Wildman–Crippen MR) is 35.7 cm³/mol. The normalized spacial score (nSPS) is 7.25. The fraction of sp³-hybridized carbons (Fsp3) is 0. The summed E-state index contributed by atoms with van der Waals surface area (Å²) in [7, 11) is -4.67. The first-order chi connectivity index (χ1) is 2.00. The molecule has 0 aromatic carbocycles. The third-order valence-corrected chi connectivity index (χ3v) is 0. The molecule has 0 saturated heterocycles. The van der Waals surface area contributed by atoms with E-state index in [4.69, 9.17) is 17.5 Å². The average molecular weight is 215 g/mol. The van der Waals surface area contributed by atoms with Gasteiger partial charge in [0.05, 0.1) is 0 Å². The van der Waals surface area contributed by atoms with Crippen LogP contribution in [-0.4, -0.2) is 120 Å². The quantitative estimate of drug-likeness (QED) is 0.379. The van der Waals surface area contributed by atoms with Crippen LogP contribution in [0.15, 0.2) is 0 Å². The summed E-state index contributed by atoms with van der Waals surface area (Å²) in [5, 5.41) is 0. The van der Waals surface area contributed by atoms with Crippen LogP contribution >= 0.6 is 12.4 Å². The number of halogens is 1. The Balaban J connectivity index is -0.0000000267. The zero-order valence-electron chi connectivity index (χ0n) is 2.53. The Morgan fingerprint density at radius 1 is 1.00 bits per heavy atom. The fourth-order valence-corrected chi connectivity index (χ4v) is 0. The minimum atomic E-state index is -4.67. The van der Waals surface area contributed by atoms with E-state index >= 15 is 0 Å². The van der Waals surface area contributed by atoms with E-state index in [9.17, 15) is 0 Å². The van der Waals surface area contributed by atoms with E-state index in [0.29, 0.717) is 0 Å². The van der Waals surface area contributed by atoms with Crippen molar-refractivity contribution >= 4 is 126 Å². The van der Waals surface area contributed by atoms with Gasteiger partial charge in [-0.1, -0.05) is 0 Å². The molecular formula is H5ClK2O4S. The molecule has 0 fully saturated rings. The number of rotatable bonds is 0. The van der Waals surface area contributed by atoms with Gasteiger partial charge in [-0.15, -0.1) is 12.4 Å². The van der Waals surface area contributed by atoms with Crippen molar-refractivity contribution in [1.82, 2.24) is 0 Å². The maximum absolute atomic E-state index is 8.74. The molecule has 2 N–H and O–H groups in total. The van der Waals surface area contributed by atoms with Crippen molar-refractivity contribution in [3.05, 3.63) is 0 Å². The van der Waals surface area contributed by atoms with Gasteiger partial charge in [-0.25, -0.2) is 0 Å². The van der Waals surface area contributed by atoms with Crippen LogP contribution in [-0.2, 0) is 10.4 Å². The van der Waals surface area contributed by atoms with Crippen LogP contribution in [0, 0.1) is 0 Å². The van der Waals surface area contributed by atoms with Crippen LogP contribution in [0.4, 0.5) is 0 Å². The van der Waals surface area contributed by atoms with Gasteiger partial charge in [0.25, 0.3) is 0 Å². The molecule has 0 unspecified atom stereocenters. The van der Waals surface area contributed by atoms with E-state index < -0.39 is 10.4 Å². The minimum absolute atomic E-state index is 0. The van der Waals surface area contributed by atoms with E-state index in [1.54, 1.807) is 0 Å². The molecule has 0 radical (unpaired) electrons. The molecule has 0 saturated carbocycles. The van der Waals surface area contributed by atoms with Crippen LogP contribution in [0.2, 0.25) is 0 Å². The Morgan fingerprint density at radius 3 is 1.00 bits per heavy atom. The molecule has 0 amide bonds. The summed E-state index contributed by atoms with van der Waals surface area (Å²) < 4.78 is 31.6. The zero-order valence-corrected chi connectivity index (χ0v) is 4.16. The SMILES string of the molecule is Cl.O=S(=O)(O)O.[KH].[KH]. The Bertz CT molecular complexity index is 97.2. The van der Waals surface area contributed by atoms with Gasteiger partial charge in [0, 0.05) is 0 Å². The molecule has 0 heterocycles. The Labute approximate surface area is 139 Å². The summed E-state index contributed by atoms with van der Waals surface area (Å²) in [6.07, 6.45) is 0. The Hall–Kier alpha value is 3.43. The van der Waals surface area contributed by atoms with Gasteiger partial charge in [-0.05, 0) is 0 Å². The van der Waals surface area contributed by atoms with Crippen LogP contribution in [0.25, 0.3) is 0 Å². The van der Waals surface area contributed by atoms with Crippen molar-refractivity contribution in [3.8, 4) is 0 Å². The van der Waals surface area contributed by atoms with Crippen molar-refractivity contribution in [3.63, 3.8) is 0 Å². The summed E-state index contributed by atoms with van der Waals surface area (Å²) in [4.78, 5) is 0. The van der Waals surface area contributed by atoms with E-state index in [0.717, 1.165) is 0 Å². The molecule has 0 bridgehead atoms. The molecule has 8 heteroatoms. The predicted octanol–water partition coefficient (Wildman–Crippen LogP) is -1.53.